The second-order valence-corrected chi connectivity index (χ2v) is 6.80. The maximum Gasteiger partial charge on any atom is 0.260 e. The standard InChI is InChI=1S/C16H19N3O4S/c1-12(16(20)17-2)23-14-5-7-15(8-6-14)24(21,22)19-11-13-4-3-9-18-10-13/h3-10,12,19H,11H2,1-2H3,(H,17,20)/t12-/m1/s1. The fourth-order valence-electron chi connectivity index (χ4n) is 1.92. The fraction of sp³-hybridized carbons (Fsp3) is 0.250. The predicted octanol–water partition coefficient (Wildman–Crippen LogP) is 1.07. The van der Waals surface area contributed by atoms with Gasteiger partial charge in [0.05, 0.1) is 4.90 Å². The highest BCUT2D eigenvalue weighted by atomic mass is 32.2. The molecule has 0 aliphatic rings. The van der Waals surface area contributed by atoms with E-state index in [4.69, 9.17) is 4.74 Å². The van der Waals surface area contributed by atoms with Gasteiger partial charge in [-0.05, 0) is 42.8 Å². The maximum absolute atomic E-state index is 12.3. The molecule has 1 aromatic carbocycles. The van der Waals surface area contributed by atoms with Crippen LogP contribution < -0.4 is 14.8 Å². The van der Waals surface area contributed by atoms with Gasteiger partial charge in [0.2, 0.25) is 10.0 Å². The number of aromatic nitrogens is 1. The van der Waals surface area contributed by atoms with Crippen LogP contribution in [-0.4, -0.2) is 32.5 Å². The number of pyridine rings is 1. The molecule has 8 heteroatoms. The minimum absolute atomic E-state index is 0.117. The third-order valence-electron chi connectivity index (χ3n) is 3.25. The van der Waals surface area contributed by atoms with Gasteiger partial charge in [-0.1, -0.05) is 6.07 Å². The van der Waals surface area contributed by atoms with Crippen molar-refractivity contribution in [2.24, 2.45) is 0 Å². The van der Waals surface area contributed by atoms with E-state index in [2.05, 4.69) is 15.0 Å². The van der Waals surface area contributed by atoms with Gasteiger partial charge in [0.1, 0.15) is 5.75 Å². The van der Waals surface area contributed by atoms with Crippen LogP contribution in [0.15, 0.2) is 53.7 Å². The van der Waals surface area contributed by atoms with Crippen LogP contribution in [0.2, 0.25) is 0 Å². The van der Waals surface area contributed by atoms with Crippen molar-refractivity contribution >= 4 is 15.9 Å². The van der Waals surface area contributed by atoms with Gasteiger partial charge in [-0.25, -0.2) is 13.1 Å². The number of ether oxygens (including phenoxy) is 1. The molecule has 2 rings (SSSR count). The first-order valence-electron chi connectivity index (χ1n) is 7.29. The lowest BCUT2D eigenvalue weighted by Crippen LogP contribution is -2.33. The first-order chi connectivity index (χ1) is 11.4. The number of amides is 1. The molecule has 1 amide bonds. The zero-order valence-corrected chi connectivity index (χ0v) is 14.2. The van der Waals surface area contributed by atoms with Crippen LogP contribution in [0, 0.1) is 0 Å². The summed E-state index contributed by atoms with van der Waals surface area (Å²) in [5.41, 5.74) is 0.764. The zero-order valence-electron chi connectivity index (χ0n) is 13.4. The monoisotopic (exact) mass is 349 g/mol. The number of benzene rings is 1. The minimum atomic E-state index is -3.64. The number of nitrogens with one attached hydrogen (secondary N) is 2. The molecule has 2 aromatic rings. The molecule has 2 N–H and O–H groups in total. The molecule has 0 spiro atoms. The summed E-state index contributed by atoms with van der Waals surface area (Å²) in [6.45, 7) is 1.76. The van der Waals surface area contributed by atoms with Crippen molar-refractivity contribution in [3.8, 4) is 5.75 Å². The Bertz CT molecular complexity index is 777. The lowest BCUT2D eigenvalue weighted by atomic mass is 10.3. The van der Waals surface area contributed by atoms with Gasteiger partial charge in [0.15, 0.2) is 6.10 Å². The van der Waals surface area contributed by atoms with Crippen molar-refractivity contribution in [2.75, 3.05) is 7.05 Å². The van der Waals surface area contributed by atoms with E-state index in [1.807, 2.05) is 0 Å². The van der Waals surface area contributed by atoms with Gasteiger partial charge in [0.25, 0.3) is 5.91 Å². The van der Waals surface area contributed by atoms with Crippen LogP contribution in [-0.2, 0) is 21.4 Å². The predicted molar refractivity (Wildman–Crippen MR) is 88.9 cm³/mol. The Morgan fingerprint density at radius 3 is 2.54 bits per heavy atom. The second-order valence-electron chi connectivity index (χ2n) is 5.03. The summed E-state index contributed by atoms with van der Waals surface area (Å²) in [5, 5.41) is 2.48. The Labute approximate surface area is 141 Å². The third-order valence-corrected chi connectivity index (χ3v) is 4.67. The molecule has 24 heavy (non-hydrogen) atoms. The summed E-state index contributed by atoms with van der Waals surface area (Å²) in [5.74, 6) is 0.155. The Hall–Kier alpha value is -2.45. The maximum atomic E-state index is 12.3. The Morgan fingerprint density at radius 1 is 1.25 bits per heavy atom. The minimum Gasteiger partial charge on any atom is -0.481 e. The normalized spacial score (nSPS) is 12.4. The highest BCUT2D eigenvalue weighted by molar-refractivity contribution is 7.89. The zero-order chi connectivity index (χ0) is 17.6. The number of nitrogens with zero attached hydrogens (tertiary/aromatic N) is 1. The topological polar surface area (TPSA) is 97.4 Å². The molecule has 128 valence electrons. The van der Waals surface area contributed by atoms with Crippen LogP contribution in [0.4, 0.5) is 0 Å². The molecule has 0 saturated heterocycles. The highest BCUT2D eigenvalue weighted by Gasteiger charge is 2.16. The van der Waals surface area contributed by atoms with E-state index in [9.17, 15) is 13.2 Å². The number of carbonyl (C=O) groups is 1. The molecule has 0 fully saturated rings. The molecular weight excluding hydrogens is 330 g/mol. The number of likely N-dealkylation sites (N-methyl/N-ethyl adjacent to an activating group) is 1. The van der Waals surface area contributed by atoms with Crippen LogP contribution in [0.1, 0.15) is 12.5 Å². The van der Waals surface area contributed by atoms with Crippen LogP contribution in [0.3, 0.4) is 0 Å². The summed E-state index contributed by atoms with van der Waals surface area (Å²) >= 11 is 0. The second kappa shape index (κ2) is 7.89. The smallest absolute Gasteiger partial charge is 0.260 e. The van der Waals surface area contributed by atoms with E-state index in [0.717, 1.165) is 5.56 Å². The van der Waals surface area contributed by atoms with E-state index in [-0.39, 0.29) is 17.3 Å². The van der Waals surface area contributed by atoms with Crippen molar-refractivity contribution in [2.45, 2.75) is 24.5 Å². The molecule has 1 heterocycles. The van der Waals surface area contributed by atoms with E-state index >= 15 is 0 Å². The number of carbonyl (C=O) groups excluding carboxylic acids is 1. The van der Waals surface area contributed by atoms with Gasteiger partial charge in [-0.3, -0.25) is 9.78 Å². The van der Waals surface area contributed by atoms with Crippen molar-refractivity contribution in [3.05, 3.63) is 54.4 Å². The quantitative estimate of drug-likeness (QED) is 0.779. The van der Waals surface area contributed by atoms with Crippen molar-refractivity contribution < 1.29 is 17.9 Å². The average molecular weight is 349 g/mol. The van der Waals surface area contributed by atoms with Gasteiger partial charge < -0.3 is 10.1 Å². The number of hydrogen-bond donors (Lipinski definition) is 2. The Balaban J connectivity index is 2.02. The van der Waals surface area contributed by atoms with Crippen molar-refractivity contribution in [1.29, 1.82) is 0 Å². The first kappa shape index (κ1) is 17.9. The number of sulfonamides is 1. The molecule has 0 aliphatic carbocycles. The van der Waals surface area contributed by atoms with Crippen molar-refractivity contribution in [3.63, 3.8) is 0 Å². The molecule has 0 radical (unpaired) electrons. The Kier molecular flexibility index (Phi) is 5.88. The van der Waals surface area contributed by atoms with E-state index in [1.54, 1.807) is 31.5 Å². The molecular formula is C16H19N3O4S. The summed E-state index contributed by atoms with van der Waals surface area (Å²) < 4.78 is 32.4. The SMILES string of the molecule is CNC(=O)[C@@H](C)Oc1ccc(S(=O)(=O)NCc2cccnc2)cc1. The van der Waals surface area contributed by atoms with E-state index in [1.165, 1.54) is 31.3 Å². The van der Waals surface area contributed by atoms with Gasteiger partial charge in [-0.2, -0.15) is 0 Å². The lowest BCUT2D eigenvalue weighted by Gasteiger charge is -2.13. The molecule has 0 aliphatic heterocycles. The van der Waals surface area contributed by atoms with E-state index in [0.29, 0.717) is 5.75 Å². The molecule has 7 nitrogen and oxygen atoms in total. The number of rotatable bonds is 7. The summed E-state index contributed by atoms with van der Waals surface area (Å²) in [4.78, 5) is 15.5. The largest absolute Gasteiger partial charge is 0.481 e. The average Bonchev–Trinajstić information content (AvgIpc) is 2.60. The van der Waals surface area contributed by atoms with Gasteiger partial charge in [-0.15, -0.1) is 0 Å². The summed E-state index contributed by atoms with van der Waals surface area (Å²) in [7, 11) is -2.12. The molecule has 1 atom stereocenters. The molecule has 0 saturated carbocycles. The highest BCUT2D eigenvalue weighted by Crippen LogP contribution is 2.17. The van der Waals surface area contributed by atoms with E-state index < -0.39 is 16.1 Å². The lowest BCUT2D eigenvalue weighted by molar-refractivity contribution is -0.126. The van der Waals surface area contributed by atoms with Crippen LogP contribution in [0.25, 0.3) is 0 Å². The van der Waals surface area contributed by atoms with Crippen molar-refractivity contribution in [1.82, 2.24) is 15.0 Å². The summed E-state index contributed by atoms with van der Waals surface area (Å²) in [6, 6.07) is 9.40. The molecule has 0 unspecified atom stereocenters. The van der Waals surface area contributed by atoms with Gasteiger partial charge >= 0.3 is 0 Å². The van der Waals surface area contributed by atoms with Gasteiger partial charge in [0, 0.05) is 26.0 Å². The van der Waals surface area contributed by atoms with Crippen LogP contribution >= 0.6 is 0 Å². The Morgan fingerprint density at radius 2 is 1.96 bits per heavy atom. The third kappa shape index (κ3) is 4.77. The molecule has 0 bridgehead atoms. The number of hydrogen-bond acceptors (Lipinski definition) is 5. The first-order valence-corrected chi connectivity index (χ1v) is 8.77. The summed E-state index contributed by atoms with van der Waals surface area (Å²) in [6.07, 6.45) is 2.55. The van der Waals surface area contributed by atoms with Crippen LogP contribution in [0.5, 0.6) is 5.75 Å². The fourth-order valence-corrected chi connectivity index (χ4v) is 2.94. The molecule has 1 aromatic heterocycles.